The Morgan fingerprint density at radius 1 is 1.26 bits per heavy atom. The van der Waals surface area contributed by atoms with E-state index in [2.05, 4.69) is 5.32 Å². The maximum Gasteiger partial charge on any atom is 0.274 e. The fourth-order valence-corrected chi connectivity index (χ4v) is 2.14. The van der Waals surface area contributed by atoms with Crippen molar-refractivity contribution in [3.8, 4) is 0 Å². The average Bonchev–Trinajstić information content (AvgIpc) is 2.45. The number of halogens is 1. The van der Waals surface area contributed by atoms with Gasteiger partial charge in [-0.05, 0) is 31.5 Å². The van der Waals surface area contributed by atoms with Gasteiger partial charge in [-0.1, -0.05) is 29.8 Å². The number of benzene rings is 1. The fraction of sp³-hybridized carbons (Fsp3) is 0.294. The first-order chi connectivity index (χ1) is 10.5. The second-order valence-electron chi connectivity index (χ2n) is 5.57. The van der Waals surface area contributed by atoms with Crippen molar-refractivity contribution in [1.29, 1.82) is 0 Å². The van der Waals surface area contributed by atoms with Gasteiger partial charge in [-0.15, -0.1) is 12.4 Å². The van der Waals surface area contributed by atoms with Crippen molar-refractivity contribution in [3.63, 3.8) is 0 Å². The molecular formula is C17H22ClN3O2. The number of amides is 1. The summed E-state index contributed by atoms with van der Waals surface area (Å²) in [5, 5.41) is 2.62. The van der Waals surface area contributed by atoms with Crippen molar-refractivity contribution in [2.75, 3.05) is 5.32 Å². The average molecular weight is 336 g/mol. The number of nitrogens with one attached hydrogen (secondary N) is 1. The predicted octanol–water partition coefficient (Wildman–Crippen LogP) is 2.30. The summed E-state index contributed by atoms with van der Waals surface area (Å²) >= 11 is 0. The van der Waals surface area contributed by atoms with Crippen molar-refractivity contribution < 1.29 is 4.79 Å². The van der Waals surface area contributed by atoms with Crippen LogP contribution in [-0.2, 0) is 11.3 Å². The van der Waals surface area contributed by atoms with E-state index in [-0.39, 0.29) is 42.0 Å². The Bertz CT molecular complexity index is 709. The summed E-state index contributed by atoms with van der Waals surface area (Å²) < 4.78 is 1.58. The highest BCUT2D eigenvalue weighted by molar-refractivity contribution is 5.90. The van der Waals surface area contributed by atoms with Crippen LogP contribution in [0.25, 0.3) is 0 Å². The molecule has 1 aromatic heterocycles. The third-order valence-electron chi connectivity index (χ3n) is 3.28. The Morgan fingerprint density at radius 3 is 2.52 bits per heavy atom. The van der Waals surface area contributed by atoms with Gasteiger partial charge in [0.1, 0.15) is 5.69 Å². The van der Waals surface area contributed by atoms with E-state index in [4.69, 9.17) is 5.73 Å². The second-order valence-corrected chi connectivity index (χ2v) is 5.57. The molecule has 2 rings (SSSR count). The van der Waals surface area contributed by atoms with Crippen LogP contribution >= 0.6 is 12.4 Å². The minimum Gasteiger partial charge on any atom is -0.327 e. The van der Waals surface area contributed by atoms with Gasteiger partial charge >= 0.3 is 0 Å². The van der Waals surface area contributed by atoms with E-state index in [9.17, 15) is 9.59 Å². The number of rotatable bonds is 5. The maximum absolute atomic E-state index is 12.4. The van der Waals surface area contributed by atoms with E-state index in [1.165, 1.54) is 5.56 Å². The van der Waals surface area contributed by atoms with Crippen LogP contribution in [0.3, 0.4) is 0 Å². The van der Waals surface area contributed by atoms with Crippen LogP contribution in [0.1, 0.15) is 24.5 Å². The quantitative estimate of drug-likeness (QED) is 0.880. The molecule has 6 heteroatoms. The van der Waals surface area contributed by atoms with Crippen molar-refractivity contribution in [2.24, 2.45) is 5.73 Å². The number of aryl methyl sites for hydroxylation is 1. The van der Waals surface area contributed by atoms with Gasteiger partial charge in [-0.3, -0.25) is 9.59 Å². The number of hydrogen-bond donors (Lipinski definition) is 2. The standard InChI is InChI=1S/C17H21N3O2.ClH/c1-12-5-7-14(8-6-12)11-20-9-3-4-15(17(20)22)19-16(21)10-13(2)18;/h3-9,13H,10-11,18H2,1-2H3,(H,19,21);1H. The van der Waals surface area contributed by atoms with Crippen molar-refractivity contribution in [3.05, 3.63) is 64.1 Å². The lowest BCUT2D eigenvalue weighted by atomic mass is 10.1. The van der Waals surface area contributed by atoms with Gasteiger partial charge in [0.15, 0.2) is 0 Å². The molecule has 5 nitrogen and oxygen atoms in total. The minimum absolute atomic E-state index is 0. The van der Waals surface area contributed by atoms with Gasteiger partial charge in [-0.2, -0.15) is 0 Å². The smallest absolute Gasteiger partial charge is 0.274 e. The fourth-order valence-electron chi connectivity index (χ4n) is 2.14. The molecule has 1 unspecified atom stereocenters. The number of carbonyl (C=O) groups excluding carboxylic acids is 1. The van der Waals surface area contributed by atoms with Crippen LogP contribution in [-0.4, -0.2) is 16.5 Å². The van der Waals surface area contributed by atoms with Crippen molar-refractivity contribution >= 4 is 24.0 Å². The van der Waals surface area contributed by atoms with Crippen molar-refractivity contribution in [1.82, 2.24) is 4.57 Å². The molecule has 1 aromatic carbocycles. The maximum atomic E-state index is 12.4. The minimum atomic E-state index is -0.250. The molecule has 0 fully saturated rings. The first-order valence-electron chi connectivity index (χ1n) is 7.26. The highest BCUT2D eigenvalue weighted by Crippen LogP contribution is 2.06. The molecule has 0 radical (unpaired) electrons. The highest BCUT2D eigenvalue weighted by Gasteiger charge is 2.09. The van der Waals surface area contributed by atoms with Gasteiger partial charge in [0, 0.05) is 18.7 Å². The first kappa shape index (κ1) is 18.9. The van der Waals surface area contributed by atoms with E-state index >= 15 is 0 Å². The lowest BCUT2D eigenvalue weighted by Gasteiger charge is -2.10. The largest absolute Gasteiger partial charge is 0.327 e. The molecule has 0 aliphatic rings. The van der Waals surface area contributed by atoms with Crippen LogP contribution in [0.5, 0.6) is 0 Å². The summed E-state index contributed by atoms with van der Waals surface area (Å²) in [6.07, 6.45) is 1.90. The third kappa shape index (κ3) is 5.54. The second kappa shape index (κ2) is 8.50. The predicted molar refractivity (Wildman–Crippen MR) is 95.1 cm³/mol. The summed E-state index contributed by atoms with van der Waals surface area (Å²) in [4.78, 5) is 24.1. The Morgan fingerprint density at radius 2 is 1.91 bits per heavy atom. The summed E-state index contributed by atoms with van der Waals surface area (Å²) in [5.74, 6) is -0.250. The molecule has 23 heavy (non-hydrogen) atoms. The Balaban J connectivity index is 0.00000264. The molecule has 0 aliphatic heterocycles. The molecule has 124 valence electrons. The monoisotopic (exact) mass is 335 g/mol. The normalized spacial score (nSPS) is 11.4. The summed E-state index contributed by atoms with van der Waals surface area (Å²) in [6.45, 7) is 4.24. The number of anilines is 1. The lowest BCUT2D eigenvalue weighted by Crippen LogP contribution is -2.29. The van der Waals surface area contributed by atoms with E-state index < -0.39 is 0 Å². The molecule has 0 saturated carbocycles. The van der Waals surface area contributed by atoms with E-state index in [0.717, 1.165) is 5.56 Å². The van der Waals surface area contributed by atoms with Crippen LogP contribution in [0, 0.1) is 6.92 Å². The summed E-state index contributed by atoms with van der Waals surface area (Å²) in [6, 6.07) is 11.1. The number of carbonyl (C=O) groups is 1. The highest BCUT2D eigenvalue weighted by atomic mass is 35.5. The third-order valence-corrected chi connectivity index (χ3v) is 3.28. The van der Waals surface area contributed by atoms with E-state index in [1.54, 1.807) is 29.8 Å². The zero-order valence-corrected chi connectivity index (χ0v) is 14.1. The molecule has 0 spiro atoms. The van der Waals surface area contributed by atoms with E-state index in [0.29, 0.717) is 6.54 Å². The van der Waals surface area contributed by atoms with Crippen LogP contribution < -0.4 is 16.6 Å². The number of hydrogen-bond acceptors (Lipinski definition) is 3. The zero-order chi connectivity index (χ0) is 16.1. The number of nitrogens with two attached hydrogens (primary N) is 1. The lowest BCUT2D eigenvalue weighted by molar-refractivity contribution is -0.116. The molecular weight excluding hydrogens is 314 g/mol. The SMILES string of the molecule is Cc1ccc(Cn2cccc(NC(=O)CC(C)N)c2=O)cc1.Cl. The molecule has 1 heterocycles. The molecule has 1 amide bonds. The molecule has 2 aromatic rings. The van der Waals surface area contributed by atoms with Crippen LogP contribution in [0.15, 0.2) is 47.4 Å². The Labute approximate surface area is 141 Å². The molecule has 0 aliphatic carbocycles. The topological polar surface area (TPSA) is 77.1 Å². The summed E-state index contributed by atoms with van der Waals surface area (Å²) in [7, 11) is 0. The molecule has 0 bridgehead atoms. The van der Waals surface area contributed by atoms with Gasteiger partial charge in [0.25, 0.3) is 5.56 Å². The number of pyridine rings is 1. The Hall–Kier alpha value is -2.11. The molecule has 0 saturated heterocycles. The van der Waals surface area contributed by atoms with Crippen LogP contribution in [0.4, 0.5) is 5.69 Å². The van der Waals surface area contributed by atoms with Gasteiger partial charge < -0.3 is 15.6 Å². The summed E-state index contributed by atoms with van der Waals surface area (Å²) in [5.41, 5.74) is 7.85. The Kier molecular flexibility index (Phi) is 7.00. The van der Waals surface area contributed by atoms with Gasteiger partial charge in [-0.25, -0.2) is 0 Å². The van der Waals surface area contributed by atoms with Gasteiger partial charge in [0.2, 0.25) is 5.91 Å². The van der Waals surface area contributed by atoms with E-state index in [1.807, 2.05) is 31.2 Å². The van der Waals surface area contributed by atoms with Crippen molar-refractivity contribution in [2.45, 2.75) is 32.9 Å². The zero-order valence-electron chi connectivity index (χ0n) is 13.3. The first-order valence-corrected chi connectivity index (χ1v) is 7.26. The van der Waals surface area contributed by atoms with Gasteiger partial charge in [0.05, 0.1) is 6.54 Å². The number of aromatic nitrogens is 1. The molecule has 3 N–H and O–H groups in total. The molecule has 1 atom stereocenters. The number of nitrogens with zero attached hydrogens (tertiary/aromatic N) is 1. The van der Waals surface area contributed by atoms with Crippen LogP contribution in [0.2, 0.25) is 0 Å².